The minimum Gasteiger partial charge on any atom is -0.507 e. The summed E-state index contributed by atoms with van der Waals surface area (Å²) in [6.07, 6.45) is 0. The highest BCUT2D eigenvalue weighted by Gasteiger charge is 2.16. The Labute approximate surface area is 95.5 Å². The molecule has 84 valence electrons. The molecule has 0 amide bonds. The Hall–Kier alpha value is -0.730. The second kappa shape index (κ2) is 4.86. The van der Waals surface area contributed by atoms with Crippen LogP contribution in [0, 0.1) is 0 Å². The maximum Gasteiger partial charge on any atom is 0.122 e. The van der Waals surface area contributed by atoms with Crippen LogP contribution < -0.4 is 0 Å². The Morgan fingerprint density at radius 2 is 1.73 bits per heavy atom. The van der Waals surface area contributed by atoms with Crippen molar-refractivity contribution in [2.45, 2.75) is 32.6 Å². The standard InChI is InChI=1S/C12H17ClO2/c1-7(2)10-4-9(13)5-11(12(10)15)8(3)6-14/h4-5,7-8,14-15H,6H2,1-3H3. The zero-order valence-corrected chi connectivity index (χ0v) is 10.0. The summed E-state index contributed by atoms with van der Waals surface area (Å²) >= 11 is 5.97. The van der Waals surface area contributed by atoms with Gasteiger partial charge in [-0.1, -0.05) is 32.4 Å². The topological polar surface area (TPSA) is 40.5 Å². The third kappa shape index (κ3) is 2.64. The average molecular weight is 229 g/mol. The molecule has 0 radical (unpaired) electrons. The summed E-state index contributed by atoms with van der Waals surface area (Å²) < 4.78 is 0. The fourth-order valence-corrected chi connectivity index (χ4v) is 1.79. The molecule has 0 saturated carbocycles. The highest BCUT2D eigenvalue weighted by atomic mass is 35.5. The molecule has 0 aromatic heterocycles. The van der Waals surface area contributed by atoms with Crippen molar-refractivity contribution in [3.05, 3.63) is 28.3 Å². The summed E-state index contributed by atoms with van der Waals surface area (Å²) in [6.45, 7) is 5.86. The lowest BCUT2D eigenvalue weighted by atomic mass is 9.93. The third-order valence-corrected chi connectivity index (χ3v) is 2.78. The van der Waals surface area contributed by atoms with Gasteiger partial charge in [0, 0.05) is 23.1 Å². The van der Waals surface area contributed by atoms with E-state index in [1.165, 1.54) is 0 Å². The van der Waals surface area contributed by atoms with Gasteiger partial charge in [0.25, 0.3) is 0 Å². The first-order chi connectivity index (χ1) is 6.97. The van der Waals surface area contributed by atoms with Gasteiger partial charge in [0.2, 0.25) is 0 Å². The molecule has 0 aliphatic rings. The average Bonchev–Trinajstić information content (AvgIpc) is 2.19. The molecule has 0 heterocycles. The first kappa shape index (κ1) is 12.3. The molecule has 0 aliphatic heterocycles. The van der Waals surface area contributed by atoms with Crippen LogP contribution in [-0.2, 0) is 0 Å². The van der Waals surface area contributed by atoms with E-state index in [1.807, 2.05) is 20.8 Å². The van der Waals surface area contributed by atoms with Crippen molar-refractivity contribution in [1.82, 2.24) is 0 Å². The largest absolute Gasteiger partial charge is 0.507 e. The number of rotatable bonds is 3. The Balaban J connectivity index is 3.28. The lowest BCUT2D eigenvalue weighted by molar-refractivity contribution is 0.270. The van der Waals surface area contributed by atoms with Crippen LogP contribution in [0.25, 0.3) is 0 Å². The molecule has 15 heavy (non-hydrogen) atoms. The van der Waals surface area contributed by atoms with E-state index in [0.717, 1.165) is 5.56 Å². The van der Waals surface area contributed by atoms with Gasteiger partial charge in [0.05, 0.1) is 0 Å². The number of hydrogen-bond donors (Lipinski definition) is 2. The first-order valence-electron chi connectivity index (χ1n) is 5.10. The van der Waals surface area contributed by atoms with Crippen molar-refractivity contribution in [1.29, 1.82) is 0 Å². The molecule has 1 aromatic rings. The fourth-order valence-electron chi connectivity index (χ4n) is 1.56. The van der Waals surface area contributed by atoms with Crippen LogP contribution in [-0.4, -0.2) is 16.8 Å². The molecule has 3 heteroatoms. The lowest BCUT2D eigenvalue weighted by Crippen LogP contribution is -2.02. The maximum absolute atomic E-state index is 10.0. The SMILES string of the molecule is CC(C)c1cc(Cl)cc(C(C)CO)c1O. The second-order valence-electron chi connectivity index (χ2n) is 4.17. The summed E-state index contributed by atoms with van der Waals surface area (Å²) in [5.41, 5.74) is 1.55. The van der Waals surface area contributed by atoms with E-state index in [9.17, 15) is 5.11 Å². The van der Waals surface area contributed by atoms with E-state index in [-0.39, 0.29) is 24.2 Å². The van der Waals surface area contributed by atoms with Crippen molar-refractivity contribution in [2.75, 3.05) is 6.61 Å². The second-order valence-corrected chi connectivity index (χ2v) is 4.61. The minimum absolute atomic E-state index is 0.00539. The minimum atomic E-state index is -0.0961. The molecule has 0 aliphatic carbocycles. The molecular formula is C12H17ClO2. The smallest absolute Gasteiger partial charge is 0.122 e. The summed E-state index contributed by atoms with van der Waals surface area (Å²) in [5, 5.41) is 19.7. The molecule has 0 bridgehead atoms. The molecule has 1 rings (SSSR count). The fraction of sp³-hybridized carbons (Fsp3) is 0.500. The van der Waals surface area contributed by atoms with Crippen LogP contribution in [0.4, 0.5) is 0 Å². The van der Waals surface area contributed by atoms with Gasteiger partial charge in [-0.2, -0.15) is 0 Å². The summed E-state index contributed by atoms with van der Waals surface area (Å²) in [4.78, 5) is 0. The zero-order chi connectivity index (χ0) is 11.6. The zero-order valence-electron chi connectivity index (χ0n) is 9.29. The number of halogens is 1. The van der Waals surface area contributed by atoms with Crippen molar-refractivity contribution in [2.24, 2.45) is 0 Å². The molecule has 0 saturated heterocycles. The first-order valence-corrected chi connectivity index (χ1v) is 5.48. The summed E-state index contributed by atoms with van der Waals surface area (Å²) in [5.74, 6) is 0.380. The molecule has 0 spiro atoms. The van der Waals surface area contributed by atoms with E-state index in [0.29, 0.717) is 10.6 Å². The third-order valence-electron chi connectivity index (χ3n) is 2.56. The number of benzene rings is 1. The molecule has 1 aromatic carbocycles. The maximum atomic E-state index is 10.0. The van der Waals surface area contributed by atoms with Crippen LogP contribution in [0.5, 0.6) is 5.75 Å². The molecule has 1 atom stereocenters. The monoisotopic (exact) mass is 228 g/mol. The predicted octanol–water partition coefficient (Wildman–Crippen LogP) is 3.26. The quantitative estimate of drug-likeness (QED) is 0.834. The van der Waals surface area contributed by atoms with Crippen LogP contribution in [0.15, 0.2) is 12.1 Å². The lowest BCUT2D eigenvalue weighted by Gasteiger charge is -2.16. The molecule has 2 nitrogen and oxygen atoms in total. The van der Waals surface area contributed by atoms with Gasteiger partial charge >= 0.3 is 0 Å². The van der Waals surface area contributed by atoms with Gasteiger partial charge < -0.3 is 10.2 Å². The van der Waals surface area contributed by atoms with E-state index >= 15 is 0 Å². The van der Waals surface area contributed by atoms with Gasteiger partial charge in [-0.25, -0.2) is 0 Å². The molecular weight excluding hydrogens is 212 g/mol. The Kier molecular flexibility index (Phi) is 4.00. The van der Waals surface area contributed by atoms with Crippen LogP contribution in [0.1, 0.15) is 43.7 Å². The van der Waals surface area contributed by atoms with Crippen LogP contribution in [0.3, 0.4) is 0 Å². The van der Waals surface area contributed by atoms with Crippen molar-refractivity contribution in [3.63, 3.8) is 0 Å². The van der Waals surface area contributed by atoms with Crippen LogP contribution in [0.2, 0.25) is 5.02 Å². The molecule has 2 N–H and O–H groups in total. The van der Waals surface area contributed by atoms with Crippen molar-refractivity contribution < 1.29 is 10.2 Å². The van der Waals surface area contributed by atoms with Crippen molar-refractivity contribution >= 4 is 11.6 Å². The number of aliphatic hydroxyl groups is 1. The van der Waals surface area contributed by atoms with E-state index in [2.05, 4.69) is 0 Å². The van der Waals surface area contributed by atoms with E-state index in [1.54, 1.807) is 12.1 Å². The number of phenols is 1. The van der Waals surface area contributed by atoms with Gasteiger partial charge in [0.15, 0.2) is 0 Å². The Bertz CT molecular complexity index is 348. The Morgan fingerprint density at radius 1 is 1.20 bits per heavy atom. The number of phenolic OH excluding ortho intramolecular Hbond substituents is 1. The summed E-state index contributed by atoms with van der Waals surface area (Å²) in [6, 6.07) is 3.48. The van der Waals surface area contributed by atoms with E-state index < -0.39 is 0 Å². The molecule has 0 fully saturated rings. The highest BCUT2D eigenvalue weighted by Crippen LogP contribution is 2.36. The summed E-state index contributed by atoms with van der Waals surface area (Å²) in [7, 11) is 0. The highest BCUT2D eigenvalue weighted by molar-refractivity contribution is 6.30. The predicted molar refractivity (Wildman–Crippen MR) is 62.7 cm³/mol. The molecule has 1 unspecified atom stereocenters. The van der Waals surface area contributed by atoms with Crippen LogP contribution >= 0.6 is 11.6 Å². The Morgan fingerprint density at radius 3 is 2.20 bits per heavy atom. The van der Waals surface area contributed by atoms with Gasteiger partial charge in [-0.3, -0.25) is 0 Å². The number of aliphatic hydroxyl groups excluding tert-OH is 1. The number of aromatic hydroxyl groups is 1. The van der Waals surface area contributed by atoms with Gasteiger partial charge in [-0.15, -0.1) is 0 Å². The number of hydrogen-bond acceptors (Lipinski definition) is 2. The van der Waals surface area contributed by atoms with E-state index in [4.69, 9.17) is 16.7 Å². The normalized spacial score (nSPS) is 13.2. The van der Waals surface area contributed by atoms with Gasteiger partial charge in [-0.05, 0) is 23.6 Å². The van der Waals surface area contributed by atoms with Gasteiger partial charge in [0.1, 0.15) is 5.75 Å². The van der Waals surface area contributed by atoms with Crippen molar-refractivity contribution in [3.8, 4) is 5.75 Å².